The maximum Gasteiger partial charge on any atom is 0.317 e. The number of hydrogen-bond donors (Lipinski definition) is 1. The first-order valence-corrected chi connectivity index (χ1v) is 7.12. The Kier molecular flexibility index (Phi) is 2.20. The second-order valence-corrected chi connectivity index (χ2v) is 5.33. The van der Waals surface area contributed by atoms with Gasteiger partial charge in [-0.1, -0.05) is 34.7 Å². The van der Waals surface area contributed by atoms with E-state index < -0.39 is 0 Å². The van der Waals surface area contributed by atoms with Gasteiger partial charge in [0.05, 0.1) is 0 Å². The zero-order valence-electron chi connectivity index (χ0n) is 7.53. The molecule has 3 rings (SSSR count). The van der Waals surface area contributed by atoms with Crippen LogP contribution < -0.4 is 4.57 Å². The highest BCUT2D eigenvalue weighted by molar-refractivity contribution is 14.1. The molecule has 1 aromatic heterocycles. The van der Waals surface area contributed by atoms with E-state index in [4.69, 9.17) is 0 Å². The van der Waals surface area contributed by atoms with Gasteiger partial charge in [0, 0.05) is 10.2 Å². The highest BCUT2D eigenvalue weighted by Gasteiger charge is 2.32. The van der Waals surface area contributed by atoms with E-state index in [0.717, 1.165) is 0 Å². The third kappa shape index (κ3) is 1.20. The Morgan fingerprint density at radius 3 is 3.21 bits per heavy atom. The molecule has 1 aromatic carbocycles. The van der Waals surface area contributed by atoms with Gasteiger partial charge in [-0.2, -0.15) is 0 Å². The molecule has 0 radical (unpaired) electrons. The molecular weight excluding hydrogens is 307 g/mol. The average Bonchev–Trinajstić information content (AvgIpc) is 2.75. The van der Waals surface area contributed by atoms with Crippen molar-refractivity contribution in [1.82, 2.24) is 4.98 Å². The van der Waals surface area contributed by atoms with Crippen molar-refractivity contribution in [3.63, 3.8) is 0 Å². The number of nitrogens with one attached hydrogen (secondary N) is 1. The van der Waals surface area contributed by atoms with Crippen molar-refractivity contribution in [2.24, 2.45) is 0 Å². The number of benzene rings is 1. The van der Waals surface area contributed by atoms with E-state index in [2.05, 4.69) is 56.4 Å². The van der Waals surface area contributed by atoms with Crippen LogP contribution in [-0.2, 0) is 0 Å². The Morgan fingerprint density at radius 1 is 1.50 bits per heavy atom. The number of nitrogens with zero attached hydrogens (tertiary/aromatic N) is 1. The Labute approximate surface area is 100 Å². The largest absolute Gasteiger partial charge is 0.317 e. The summed E-state index contributed by atoms with van der Waals surface area (Å²) in [6, 6.07) is 9.19. The van der Waals surface area contributed by atoms with Gasteiger partial charge in [0.15, 0.2) is 11.0 Å². The van der Waals surface area contributed by atoms with E-state index in [-0.39, 0.29) is 0 Å². The average molecular weight is 317 g/mol. The summed E-state index contributed by atoms with van der Waals surface area (Å²) in [5.74, 6) is 1.21. The number of aromatic nitrogens is 2. The molecule has 1 atom stereocenters. The molecule has 1 N–H and O–H groups in total. The molecular formula is C10H10IN2S+. The van der Waals surface area contributed by atoms with Crippen LogP contribution in [0.25, 0.3) is 11.0 Å². The van der Waals surface area contributed by atoms with Crippen molar-refractivity contribution in [3.8, 4) is 0 Å². The van der Waals surface area contributed by atoms with Gasteiger partial charge in [0.2, 0.25) is 0 Å². The Morgan fingerprint density at radius 2 is 2.36 bits per heavy atom. The van der Waals surface area contributed by atoms with E-state index in [1.54, 1.807) is 0 Å². The van der Waals surface area contributed by atoms with E-state index in [9.17, 15) is 0 Å². The summed E-state index contributed by atoms with van der Waals surface area (Å²) in [6.45, 7) is 0. The SMILES string of the molecule is ICC1CSc2[nH]c3ccccc3[n+]21. The van der Waals surface area contributed by atoms with Crippen molar-refractivity contribution in [2.75, 3.05) is 10.2 Å². The Hall–Kier alpha value is -0.230. The van der Waals surface area contributed by atoms with E-state index in [1.807, 2.05) is 11.8 Å². The number of rotatable bonds is 1. The quantitative estimate of drug-likeness (QED) is 0.487. The molecule has 72 valence electrons. The minimum absolute atomic E-state index is 0.659. The number of imidazole rings is 1. The lowest BCUT2D eigenvalue weighted by Gasteiger charge is -2.01. The minimum atomic E-state index is 0.659. The third-order valence-electron chi connectivity index (χ3n) is 2.58. The van der Waals surface area contributed by atoms with Crippen LogP contribution >= 0.6 is 34.4 Å². The summed E-state index contributed by atoms with van der Waals surface area (Å²) in [7, 11) is 0. The normalized spacial score (nSPS) is 20.2. The van der Waals surface area contributed by atoms with Gasteiger partial charge in [0.25, 0.3) is 0 Å². The van der Waals surface area contributed by atoms with Gasteiger partial charge in [-0.15, -0.1) is 0 Å². The van der Waals surface area contributed by atoms with Crippen molar-refractivity contribution in [3.05, 3.63) is 24.3 Å². The number of H-pyrrole nitrogens is 1. The number of halogens is 1. The van der Waals surface area contributed by atoms with Gasteiger partial charge in [-0.3, -0.25) is 0 Å². The van der Waals surface area contributed by atoms with Crippen molar-refractivity contribution < 1.29 is 4.57 Å². The zero-order chi connectivity index (χ0) is 9.54. The highest BCUT2D eigenvalue weighted by Crippen LogP contribution is 2.29. The molecule has 14 heavy (non-hydrogen) atoms. The van der Waals surface area contributed by atoms with Crippen LogP contribution in [0.2, 0.25) is 0 Å². The number of thioether (sulfide) groups is 1. The van der Waals surface area contributed by atoms with E-state index in [0.29, 0.717) is 6.04 Å². The summed E-state index contributed by atoms with van der Waals surface area (Å²) in [6.07, 6.45) is 0. The molecule has 0 fully saturated rings. The standard InChI is InChI=1S/C10H9IN2S/c11-5-7-6-14-10-12-8-3-1-2-4-9(8)13(7)10/h1-4,7H,5-6H2/p+1. The van der Waals surface area contributed by atoms with E-state index in [1.165, 1.54) is 26.4 Å². The fourth-order valence-electron chi connectivity index (χ4n) is 1.91. The van der Waals surface area contributed by atoms with Gasteiger partial charge in [-0.25, -0.2) is 9.55 Å². The third-order valence-corrected chi connectivity index (χ3v) is 4.72. The predicted octanol–water partition coefficient (Wildman–Crippen LogP) is 2.54. The molecule has 2 heterocycles. The second kappa shape index (κ2) is 3.41. The maximum atomic E-state index is 3.46. The molecule has 4 heteroatoms. The summed E-state index contributed by atoms with van der Waals surface area (Å²) < 4.78 is 3.62. The molecule has 1 aliphatic rings. The van der Waals surface area contributed by atoms with Crippen molar-refractivity contribution in [1.29, 1.82) is 0 Å². The summed E-state index contributed by atoms with van der Waals surface area (Å²) >= 11 is 4.40. The monoisotopic (exact) mass is 317 g/mol. The molecule has 0 saturated heterocycles. The zero-order valence-corrected chi connectivity index (χ0v) is 10.5. The van der Waals surface area contributed by atoms with E-state index >= 15 is 0 Å². The Bertz CT molecular complexity index is 480. The van der Waals surface area contributed by atoms with Crippen molar-refractivity contribution in [2.45, 2.75) is 11.2 Å². The van der Waals surface area contributed by atoms with Crippen LogP contribution in [-0.4, -0.2) is 15.2 Å². The molecule has 1 aliphatic heterocycles. The van der Waals surface area contributed by atoms with Gasteiger partial charge in [0.1, 0.15) is 6.04 Å². The number of alkyl halides is 1. The van der Waals surface area contributed by atoms with Crippen LogP contribution in [0, 0.1) is 0 Å². The molecule has 0 spiro atoms. The topological polar surface area (TPSA) is 19.7 Å². The maximum absolute atomic E-state index is 3.46. The van der Waals surface area contributed by atoms with Gasteiger partial charge in [-0.05, 0) is 23.9 Å². The first-order chi connectivity index (χ1) is 6.90. The number of hydrogen-bond acceptors (Lipinski definition) is 1. The van der Waals surface area contributed by atoms with Crippen LogP contribution in [0.3, 0.4) is 0 Å². The first-order valence-electron chi connectivity index (χ1n) is 4.61. The van der Waals surface area contributed by atoms with Crippen LogP contribution in [0.4, 0.5) is 0 Å². The fourth-order valence-corrected chi connectivity index (χ4v) is 4.22. The summed E-state index contributed by atoms with van der Waals surface area (Å²) in [5, 5.41) is 1.31. The smallest absolute Gasteiger partial charge is 0.231 e. The molecule has 2 aromatic rings. The van der Waals surface area contributed by atoms with Crippen LogP contribution in [0.5, 0.6) is 0 Å². The molecule has 0 amide bonds. The lowest BCUT2D eigenvalue weighted by molar-refractivity contribution is -0.718. The number of aromatic amines is 1. The molecule has 0 aliphatic carbocycles. The highest BCUT2D eigenvalue weighted by atomic mass is 127. The summed E-state index contributed by atoms with van der Waals surface area (Å²) in [5.41, 5.74) is 2.60. The minimum Gasteiger partial charge on any atom is -0.231 e. The second-order valence-electron chi connectivity index (χ2n) is 3.44. The summed E-state index contributed by atoms with van der Waals surface area (Å²) in [4.78, 5) is 3.46. The van der Waals surface area contributed by atoms with Gasteiger partial charge >= 0.3 is 5.16 Å². The van der Waals surface area contributed by atoms with Gasteiger partial charge < -0.3 is 0 Å². The molecule has 2 nitrogen and oxygen atoms in total. The van der Waals surface area contributed by atoms with Crippen LogP contribution in [0.15, 0.2) is 29.4 Å². The Balaban J connectivity index is 2.29. The predicted molar refractivity (Wildman–Crippen MR) is 67.1 cm³/mol. The first kappa shape index (κ1) is 9.03. The molecule has 0 saturated carbocycles. The lowest BCUT2D eigenvalue weighted by atomic mass is 10.3. The number of para-hydroxylation sites is 2. The molecule has 0 bridgehead atoms. The van der Waals surface area contributed by atoms with Crippen molar-refractivity contribution >= 4 is 45.4 Å². The number of fused-ring (bicyclic) bond motifs is 3. The fraction of sp³-hybridized carbons (Fsp3) is 0.300. The molecule has 1 unspecified atom stereocenters. The van der Waals surface area contributed by atoms with Crippen LogP contribution in [0.1, 0.15) is 6.04 Å². The lowest BCUT2D eigenvalue weighted by Crippen LogP contribution is -2.38.